The van der Waals surface area contributed by atoms with E-state index in [4.69, 9.17) is 0 Å². The van der Waals surface area contributed by atoms with Crippen LogP contribution in [0.25, 0.3) is 0 Å². The van der Waals surface area contributed by atoms with E-state index in [0.29, 0.717) is 23.8 Å². The Morgan fingerprint density at radius 1 is 1.30 bits per heavy atom. The van der Waals surface area contributed by atoms with Crippen LogP contribution in [-0.4, -0.2) is 32.5 Å². The average molecular weight is 299 g/mol. The minimum absolute atomic E-state index is 0.162. The molecular formula is C15H22FNO2S. The van der Waals surface area contributed by atoms with Crippen molar-refractivity contribution in [3.8, 4) is 0 Å². The van der Waals surface area contributed by atoms with Crippen LogP contribution in [-0.2, 0) is 16.3 Å². The molecule has 1 saturated heterocycles. The molecule has 1 fully saturated rings. The Kier molecular flexibility index (Phi) is 5.16. The fraction of sp³-hybridized carbons (Fsp3) is 0.600. The molecule has 0 spiro atoms. The van der Waals surface area contributed by atoms with Gasteiger partial charge in [-0.1, -0.05) is 18.2 Å². The number of sulfone groups is 1. The van der Waals surface area contributed by atoms with E-state index in [9.17, 15) is 12.8 Å². The van der Waals surface area contributed by atoms with Gasteiger partial charge in [-0.05, 0) is 50.3 Å². The molecule has 1 heterocycles. The van der Waals surface area contributed by atoms with Crippen LogP contribution in [0.5, 0.6) is 0 Å². The van der Waals surface area contributed by atoms with E-state index in [-0.39, 0.29) is 11.9 Å². The molecule has 20 heavy (non-hydrogen) atoms. The summed E-state index contributed by atoms with van der Waals surface area (Å²) in [7, 11) is -2.79. The summed E-state index contributed by atoms with van der Waals surface area (Å²) in [6.07, 6.45) is 2.13. The third-order valence-electron chi connectivity index (χ3n) is 3.91. The maximum absolute atomic E-state index is 13.5. The third-order valence-corrected chi connectivity index (χ3v) is 5.63. The summed E-state index contributed by atoms with van der Waals surface area (Å²) in [5.74, 6) is 0.869. The molecule has 3 nitrogen and oxygen atoms in total. The average Bonchev–Trinajstić information content (AvgIpc) is 2.40. The van der Waals surface area contributed by atoms with Crippen LogP contribution in [0.1, 0.15) is 25.3 Å². The summed E-state index contributed by atoms with van der Waals surface area (Å²) in [6.45, 7) is 2.84. The predicted octanol–water partition coefficient (Wildman–Crippen LogP) is 2.17. The number of halogens is 1. The fourth-order valence-electron chi connectivity index (χ4n) is 2.58. The van der Waals surface area contributed by atoms with Crippen molar-refractivity contribution < 1.29 is 12.8 Å². The lowest BCUT2D eigenvalue weighted by Crippen LogP contribution is -2.36. The highest BCUT2D eigenvalue weighted by Gasteiger charge is 2.23. The van der Waals surface area contributed by atoms with Gasteiger partial charge in [0.15, 0.2) is 0 Å². The highest BCUT2D eigenvalue weighted by Crippen LogP contribution is 2.18. The van der Waals surface area contributed by atoms with Crippen molar-refractivity contribution in [3.05, 3.63) is 35.6 Å². The van der Waals surface area contributed by atoms with Crippen molar-refractivity contribution in [2.24, 2.45) is 5.92 Å². The van der Waals surface area contributed by atoms with Crippen LogP contribution in [0.2, 0.25) is 0 Å². The number of nitrogens with one attached hydrogen (secondary N) is 1. The maximum Gasteiger partial charge on any atom is 0.150 e. The van der Waals surface area contributed by atoms with Gasteiger partial charge < -0.3 is 5.32 Å². The monoisotopic (exact) mass is 299 g/mol. The molecule has 0 aliphatic carbocycles. The molecule has 0 bridgehead atoms. The molecule has 1 aliphatic heterocycles. The molecule has 1 N–H and O–H groups in total. The zero-order valence-corrected chi connectivity index (χ0v) is 12.6. The Morgan fingerprint density at radius 3 is 2.60 bits per heavy atom. The van der Waals surface area contributed by atoms with Gasteiger partial charge >= 0.3 is 0 Å². The van der Waals surface area contributed by atoms with Gasteiger partial charge in [0.1, 0.15) is 15.7 Å². The van der Waals surface area contributed by atoms with Crippen LogP contribution < -0.4 is 5.32 Å². The lowest BCUT2D eigenvalue weighted by atomic mass is 10.0. The summed E-state index contributed by atoms with van der Waals surface area (Å²) < 4.78 is 36.2. The zero-order valence-electron chi connectivity index (χ0n) is 11.8. The Bertz CT molecular complexity index is 531. The molecule has 0 radical (unpaired) electrons. The predicted molar refractivity (Wildman–Crippen MR) is 78.9 cm³/mol. The van der Waals surface area contributed by atoms with E-state index in [0.717, 1.165) is 24.9 Å². The van der Waals surface area contributed by atoms with Crippen molar-refractivity contribution in [1.29, 1.82) is 0 Å². The molecule has 5 heteroatoms. The van der Waals surface area contributed by atoms with Crippen LogP contribution in [0, 0.1) is 11.7 Å². The van der Waals surface area contributed by atoms with E-state index in [1.54, 1.807) is 12.1 Å². The second kappa shape index (κ2) is 6.68. The smallest absolute Gasteiger partial charge is 0.150 e. The van der Waals surface area contributed by atoms with Gasteiger partial charge in [0.2, 0.25) is 0 Å². The van der Waals surface area contributed by atoms with E-state index in [2.05, 4.69) is 5.32 Å². The van der Waals surface area contributed by atoms with Crippen LogP contribution in [0.4, 0.5) is 4.39 Å². The van der Waals surface area contributed by atoms with Crippen LogP contribution >= 0.6 is 0 Å². The lowest BCUT2D eigenvalue weighted by molar-refractivity contribution is 0.403. The van der Waals surface area contributed by atoms with Gasteiger partial charge in [0, 0.05) is 6.04 Å². The first-order valence-corrected chi connectivity index (χ1v) is 8.95. The number of rotatable bonds is 5. The first kappa shape index (κ1) is 15.4. The molecule has 1 atom stereocenters. The van der Waals surface area contributed by atoms with Gasteiger partial charge in [0.05, 0.1) is 11.5 Å². The lowest BCUT2D eigenvalue weighted by Gasteiger charge is -2.24. The Labute approximate surface area is 120 Å². The van der Waals surface area contributed by atoms with Gasteiger partial charge in [0.25, 0.3) is 0 Å². The molecule has 1 aliphatic rings. The third kappa shape index (κ3) is 4.56. The largest absolute Gasteiger partial charge is 0.314 e. The zero-order chi connectivity index (χ0) is 14.6. The number of hydrogen-bond donors (Lipinski definition) is 1. The van der Waals surface area contributed by atoms with E-state index in [1.807, 2.05) is 13.0 Å². The molecule has 0 aromatic heterocycles. The second-order valence-electron chi connectivity index (χ2n) is 5.70. The minimum Gasteiger partial charge on any atom is -0.314 e. The van der Waals surface area contributed by atoms with Gasteiger partial charge in [-0.15, -0.1) is 0 Å². The Hall–Kier alpha value is -0.940. The number of benzene rings is 1. The van der Waals surface area contributed by atoms with Crippen molar-refractivity contribution in [2.45, 2.75) is 32.2 Å². The number of hydrogen-bond acceptors (Lipinski definition) is 3. The molecule has 2 rings (SSSR count). The van der Waals surface area contributed by atoms with Gasteiger partial charge in [-0.2, -0.15) is 0 Å². The van der Waals surface area contributed by atoms with Crippen LogP contribution in [0.3, 0.4) is 0 Å². The normalized spacial score (nSPS) is 20.7. The summed E-state index contributed by atoms with van der Waals surface area (Å²) in [5, 5.41) is 3.39. The first-order chi connectivity index (χ1) is 9.46. The quantitative estimate of drug-likeness (QED) is 0.906. The molecular weight excluding hydrogens is 277 g/mol. The highest BCUT2D eigenvalue weighted by atomic mass is 32.2. The van der Waals surface area contributed by atoms with Crippen molar-refractivity contribution in [2.75, 3.05) is 18.1 Å². The standard InChI is InChI=1S/C15H22FNO2S/c1-12(10-14-4-2-3-5-15(14)16)17-11-13-6-8-20(18,19)9-7-13/h2-5,12-13,17H,6-11H2,1H3/t12-/m1/s1. The Balaban J connectivity index is 1.76. The minimum atomic E-state index is -2.79. The summed E-state index contributed by atoms with van der Waals surface area (Å²) in [5.41, 5.74) is 0.721. The van der Waals surface area contributed by atoms with E-state index in [1.165, 1.54) is 6.07 Å². The van der Waals surface area contributed by atoms with Gasteiger partial charge in [-0.3, -0.25) is 0 Å². The van der Waals surface area contributed by atoms with Crippen molar-refractivity contribution in [1.82, 2.24) is 5.32 Å². The topological polar surface area (TPSA) is 46.2 Å². The molecule has 1 aromatic rings. The van der Waals surface area contributed by atoms with Crippen molar-refractivity contribution in [3.63, 3.8) is 0 Å². The van der Waals surface area contributed by atoms with Gasteiger partial charge in [-0.25, -0.2) is 12.8 Å². The first-order valence-electron chi connectivity index (χ1n) is 7.13. The van der Waals surface area contributed by atoms with Crippen molar-refractivity contribution >= 4 is 9.84 Å². The molecule has 0 amide bonds. The summed E-state index contributed by atoms with van der Waals surface area (Å²) in [4.78, 5) is 0. The van der Waals surface area contributed by atoms with Crippen LogP contribution in [0.15, 0.2) is 24.3 Å². The van der Waals surface area contributed by atoms with E-state index >= 15 is 0 Å². The molecule has 0 unspecified atom stereocenters. The summed E-state index contributed by atoms with van der Waals surface area (Å²) in [6, 6.07) is 7.01. The molecule has 1 aromatic carbocycles. The Morgan fingerprint density at radius 2 is 1.95 bits per heavy atom. The SMILES string of the molecule is C[C@H](Cc1ccccc1F)NCC1CCS(=O)(=O)CC1. The molecule has 0 saturated carbocycles. The maximum atomic E-state index is 13.5. The second-order valence-corrected chi connectivity index (χ2v) is 8.00. The fourth-order valence-corrected chi connectivity index (χ4v) is 4.17. The van der Waals surface area contributed by atoms with E-state index < -0.39 is 9.84 Å². The highest BCUT2D eigenvalue weighted by molar-refractivity contribution is 7.91. The summed E-state index contributed by atoms with van der Waals surface area (Å²) >= 11 is 0. The molecule has 112 valence electrons.